The van der Waals surface area contributed by atoms with Gasteiger partial charge in [-0.15, -0.1) is 0 Å². The summed E-state index contributed by atoms with van der Waals surface area (Å²) in [7, 11) is 0. The Kier molecular flexibility index (Phi) is 4.39. The molecule has 0 bridgehead atoms. The molecule has 0 spiro atoms. The van der Waals surface area contributed by atoms with Crippen LogP contribution >= 0.6 is 0 Å². The van der Waals surface area contributed by atoms with Gasteiger partial charge in [-0.1, -0.05) is 6.92 Å². The molecule has 3 nitrogen and oxygen atoms in total. The second-order valence-electron chi connectivity index (χ2n) is 5.16. The molecule has 0 heterocycles. The first-order valence-electron chi connectivity index (χ1n) is 6.56. The maximum atomic E-state index is 13.2. The third-order valence-corrected chi connectivity index (χ3v) is 3.29. The fourth-order valence-electron chi connectivity index (χ4n) is 1.91. The molecule has 1 N–H and O–H groups in total. The fraction of sp³-hybridized carbons (Fsp3) is 0.500. The number of alkyl halides is 3. The molecule has 1 aliphatic carbocycles. The quantitative estimate of drug-likeness (QED) is 0.841. The van der Waals surface area contributed by atoms with Gasteiger partial charge < -0.3 is 10.1 Å². The molecular formula is C14H15F4NO2. The molecule has 1 fully saturated rings. The Morgan fingerprint density at radius 1 is 1.43 bits per heavy atom. The molecule has 2 rings (SSSR count). The van der Waals surface area contributed by atoms with Crippen molar-refractivity contribution in [3.8, 4) is 5.75 Å². The summed E-state index contributed by atoms with van der Waals surface area (Å²) in [6.07, 6.45) is -4.71. The van der Waals surface area contributed by atoms with Crippen LogP contribution in [0.3, 0.4) is 0 Å². The van der Waals surface area contributed by atoms with Gasteiger partial charge in [-0.25, -0.2) is 4.39 Å². The van der Waals surface area contributed by atoms with Crippen LogP contribution in [0, 0.1) is 17.7 Å². The van der Waals surface area contributed by atoms with E-state index in [4.69, 9.17) is 4.74 Å². The molecular weight excluding hydrogens is 290 g/mol. The maximum absolute atomic E-state index is 13.2. The van der Waals surface area contributed by atoms with Gasteiger partial charge in [0.15, 0.2) is 0 Å². The zero-order valence-corrected chi connectivity index (χ0v) is 11.3. The number of halogens is 4. The molecule has 0 radical (unpaired) electrons. The van der Waals surface area contributed by atoms with Gasteiger partial charge >= 0.3 is 6.18 Å². The number of benzene rings is 1. The molecule has 2 atom stereocenters. The zero-order valence-electron chi connectivity index (χ0n) is 11.3. The lowest BCUT2D eigenvalue weighted by atomic mass is 10.2. The van der Waals surface area contributed by atoms with Crippen LogP contribution in [0.2, 0.25) is 0 Å². The standard InChI is InChI=1S/C14H15F4NO2/c1-8-6-10(8)13(20)19-11-3-2-9(15)7-12(11)21-5-4-14(16,17)18/h2-3,7-8,10H,4-6H2,1H3,(H,19,20)/t8-,10+/m1/s1. The number of hydrogen-bond donors (Lipinski definition) is 1. The molecule has 1 aromatic rings. The fourth-order valence-corrected chi connectivity index (χ4v) is 1.91. The largest absolute Gasteiger partial charge is 0.491 e. The van der Waals surface area contributed by atoms with E-state index in [-0.39, 0.29) is 23.3 Å². The maximum Gasteiger partial charge on any atom is 0.392 e. The molecule has 7 heteroatoms. The number of nitrogens with one attached hydrogen (secondary N) is 1. The van der Waals surface area contributed by atoms with E-state index in [1.807, 2.05) is 6.92 Å². The first-order chi connectivity index (χ1) is 9.76. The lowest BCUT2D eigenvalue weighted by molar-refractivity contribution is -0.139. The van der Waals surface area contributed by atoms with Crippen LogP contribution in [-0.2, 0) is 4.79 Å². The summed E-state index contributed by atoms with van der Waals surface area (Å²) < 4.78 is 54.4. The van der Waals surface area contributed by atoms with Gasteiger partial charge in [-0.05, 0) is 24.5 Å². The van der Waals surface area contributed by atoms with Gasteiger partial charge in [0.1, 0.15) is 11.6 Å². The van der Waals surface area contributed by atoms with Crippen LogP contribution in [0.15, 0.2) is 18.2 Å². The number of carbonyl (C=O) groups is 1. The van der Waals surface area contributed by atoms with Gasteiger partial charge in [0.25, 0.3) is 0 Å². The molecule has 21 heavy (non-hydrogen) atoms. The highest BCUT2D eigenvalue weighted by Crippen LogP contribution is 2.39. The Morgan fingerprint density at radius 2 is 2.10 bits per heavy atom. The van der Waals surface area contributed by atoms with Gasteiger partial charge in [0, 0.05) is 12.0 Å². The highest BCUT2D eigenvalue weighted by atomic mass is 19.4. The molecule has 0 saturated heterocycles. The van der Waals surface area contributed by atoms with E-state index in [1.54, 1.807) is 0 Å². The van der Waals surface area contributed by atoms with Crippen molar-refractivity contribution in [3.63, 3.8) is 0 Å². The van der Waals surface area contributed by atoms with Gasteiger partial charge in [0.2, 0.25) is 5.91 Å². The summed E-state index contributed by atoms with van der Waals surface area (Å²) in [5, 5.41) is 2.57. The SMILES string of the molecule is C[C@@H]1C[C@@H]1C(=O)Nc1ccc(F)cc1OCCC(F)(F)F. The van der Waals surface area contributed by atoms with Crippen LogP contribution in [0.25, 0.3) is 0 Å². The number of carbonyl (C=O) groups excluding carboxylic acids is 1. The average molecular weight is 305 g/mol. The number of anilines is 1. The Labute approximate surface area is 119 Å². The molecule has 116 valence electrons. The lowest BCUT2D eigenvalue weighted by Crippen LogP contribution is -2.17. The number of amides is 1. The minimum Gasteiger partial charge on any atom is -0.491 e. The molecule has 0 aliphatic heterocycles. The summed E-state index contributed by atoms with van der Waals surface area (Å²) in [5.41, 5.74) is 0.183. The minimum absolute atomic E-state index is 0.0964. The van der Waals surface area contributed by atoms with E-state index in [0.29, 0.717) is 5.92 Å². The van der Waals surface area contributed by atoms with E-state index in [2.05, 4.69) is 5.32 Å². The third-order valence-electron chi connectivity index (χ3n) is 3.29. The second-order valence-corrected chi connectivity index (χ2v) is 5.16. The minimum atomic E-state index is -4.35. The van der Waals surface area contributed by atoms with Crippen molar-refractivity contribution < 1.29 is 27.1 Å². The predicted molar refractivity (Wildman–Crippen MR) is 68.5 cm³/mol. The van der Waals surface area contributed by atoms with Crippen molar-refractivity contribution in [2.75, 3.05) is 11.9 Å². The van der Waals surface area contributed by atoms with Crippen molar-refractivity contribution in [1.82, 2.24) is 0 Å². The second kappa shape index (κ2) is 5.91. The topological polar surface area (TPSA) is 38.3 Å². The normalized spacial score (nSPS) is 21.0. The van der Waals surface area contributed by atoms with Crippen molar-refractivity contribution in [1.29, 1.82) is 0 Å². The number of rotatable bonds is 5. The predicted octanol–water partition coefficient (Wildman–Crippen LogP) is 3.75. The third kappa shape index (κ3) is 4.61. The van der Waals surface area contributed by atoms with Crippen LogP contribution in [0.4, 0.5) is 23.2 Å². The smallest absolute Gasteiger partial charge is 0.392 e. The Hall–Kier alpha value is -1.79. The Bertz CT molecular complexity index is 530. The Balaban J connectivity index is 2.01. The molecule has 0 unspecified atom stereocenters. The lowest BCUT2D eigenvalue weighted by Gasteiger charge is -2.13. The van der Waals surface area contributed by atoms with Crippen molar-refractivity contribution in [2.45, 2.75) is 25.9 Å². The molecule has 1 amide bonds. The Morgan fingerprint density at radius 3 is 2.67 bits per heavy atom. The van der Waals surface area contributed by atoms with Gasteiger partial charge in [-0.2, -0.15) is 13.2 Å². The van der Waals surface area contributed by atoms with E-state index >= 15 is 0 Å². The molecule has 0 aromatic heterocycles. The first kappa shape index (κ1) is 15.6. The molecule has 1 aliphatic rings. The van der Waals surface area contributed by atoms with Crippen molar-refractivity contribution in [2.24, 2.45) is 11.8 Å². The number of hydrogen-bond acceptors (Lipinski definition) is 2. The van der Waals surface area contributed by atoms with E-state index < -0.39 is 25.0 Å². The monoisotopic (exact) mass is 305 g/mol. The summed E-state index contributed by atoms with van der Waals surface area (Å²) in [5.74, 6) is -0.774. The van der Waals surface area contributed by atoms with Crippen LogP contribution in [-0.4, -0.2) is 18.7 Å². The van der Waals surface area contributed by atoms with Crippen molar-refractivity contribution >= 4 is 11.6 Å². The summed E-state index contributed by atoms with van der Waals surface area (Å²) >= 11 is 0. The van der Waals surface area contributed by atoms with Gasteiger partial charge in [-0.3, -0.25) is 4.79 Å². The van der Waals surface area contributed by atoms with E-state index in [0.717, 1.165) is 18.6 Å². The van der Waals surface area contributed by atoms with Crippen LogP contribution in [0.1, 0.15) is 19.8 Å². The van der Waals surface area contributed by atoms with E-state index in [1.165, 1.54) is 6.07 Å². The zero-order chi connectivity index (χ0) is 15.6. The summed E-state index contributed by atoms with van der Waals surface area (Å²) in [6, 6.07) is 3.36. The van der Waals surface area contributed by atoms with Crippen molar-refractivity contribution in [3.05, 3.63) is 24.0 Å². The highest BCUT2D eigenvalue weighted by molar-refractivity contribution is 5.95. The van der Waals surface area contributed by atoms with Gasteiger partial charge in [0.05, 0.1) is 18.7 Å². The summed E-state index contributed by atoms with van der Waals surface area (Å²) in [4.78, 5) is 11.8. The van der Waals surface area contributed by atoms with Crippen LogP contribution < -0.4 is 10.1 Å². The molecule has 1 saturated carbocycles. The first-order valence-corrected chi connectivity index (χ1v) is 6.56. The average Bonchev–Trinajstić information content (AvgIpc) is 3.08. The molecule has 1 aromatic carbocycles. The van der Waals surface area contributed by atoms with E-state index in [9.17, 15) is 22.4 Å². The number of ether oxygens (including phenoxy) is 1. The summed E-state index contributed by atoms with van der Waals surface area (Å²) in [6.45, 7) is 1.30. The van der Waals surface area contributed by atoms with Crippen LogP contribution in [0.5, 0.6) is 5.75 Å². The highest BCUT2D eigenvalue weighted by Gasteiger charge is 2.39.